The molecule has 2 rings (SSSR count). The SMILES string of the molecule is COC(=O)C(N)CCN1CCN(c2ccccc2F)CC1. The van der Waals surface area contributed by atoms with E-state index in [0.717, 1.165) is 32.7 Å². The number of halogens is 1. The molecule has 5 nitrogen and oxygen atoms in total. The van der Waals surface area contributed by atoms with Crippen LogP contribution < -0.4 is 10.6 Å². The average molecular weight is 295 g/mol. The minimum atomic E-state index is -0.570. The summed E-state index contributed by atoms with van der Waals surface area (Å²) in [4.78, 5) is 15.5. The van der Waals surface area contributed by atoms with Crippen LogP contribution in [0, 0.1) is 5.82 Å². The lowest BCUT2D eigenvalue weighted by Gasteiger charge is -2.36. The van der Waals surface area contributed by atoms with E-state index < -0.39 is 6.04 Å². The molecule has 0 aromatic heterocycles. The van der Waals surface area contributed by atoms with Crippen molar-refractivity contribution in [2.24, 2.45) is 5.73 Å². The molecule has 1 aromatic carbocycles. The molecule has 0 radical (unpaired) electrons. The first-order valence-corrected chi connectivity index (χ1v) is 7.17. The van der Waals surface area contributed by atoms with Gasteiger partial charge in [0.1, 0.15) is 11.9 Å². The Morgan fingerprint density at radius 1 is 1.33 bits per heavy atom. The molecule has 0 aliphatic carbocycles. The number of rotatable bonds is 5. The number of carbonyl (C=O) groups is 1. The lowest BCUT2D eigenvalue weighted by molar-refractivity contribution is -0.142. The van der Waals surface area contributed by atoms with Crippen LogP contribution in [0.1, 0.15) is 6.42 Å². The Balaban J connectivity index is 1.79. The molecule has 21 heavy (non-hydrogen) atoms. The first-order chi connectivity index (χ1) is 10.1. The van der Waals surface area contributed by atoms with Gasteiger partial charge >= 0.3 is 5.97 Å². The first kappa shape index (κ1) is 15.7. The Morgan fingerprint density at radius 3 is 2.62 bits per heavy atom. The molecule has 1 aliphatic heterocycles. The summed E-state index contributed by atoms with van der Waals surface area (Å²) < 4.78 is 18.3. The number of benzene rings is 1. The van der Waals surface area contributed by atoms with Gasteiger partial charge in [0.25, 0.3) is 0 Å². The summed E-state index contributed by atoms with van der Waals surface area (Å²) in [7, 11) is 1.34. The molecule has 116 valence electrons. The maximum absolute atomic E-state index is 13.7. The minimum Gasteiger partial charge on any atom is -0.468 e. The summed E-state index contributed by atoms with van der Waals surface area (Å²) in [6, 6.07) is 6.26. The van der Waals surface area contributed by atoms with E-state index >= 15 is 0 Å². The Hall–Kier alpha value is -1.66. The Bertz CT molecular complexity index is 476. The standard InChI is InChI=1S/C15H22FN3O2/c1-21-15(20)13(17)6-7-18-8-10-19(11-9-18)14-5-3-2-4-12(14)16/h2-5,13H,6-11,17H2,1H3. The normalized spacial score (nSPS) is 17.6. The second kappa shape index (κ2) is 7.38. The van der Waals surface area contributed by atoms with E-state index in [4.69, 9.17) is 5.73 Å². The van der Waals surface area contributed by atoms with Crippen LogP contribution in [0.15, 0.2) is 24.3 Å². The Labute approximate surface area is 124 Å². The molecule has 0 spiro atoms. The van der Waals surface area contributed by atoms with Gasteiger partial charge in [0.05, 0.1) is 12.8 Å². The predicted octanol–water partition coefficient (Wildman–Crippen LogP) is 0.838. The Morgan fingerprint density at radius 2 is 2.00 bits per heavy atom. The molecule has 1 aliphatic rings. The fourth-order valence-electron chi connectivity index (χ4n) is 2.51. The third-order valence-electron chi connectivity index (χ3n) is 3.83. The number of hydrogen-bond acceptors (Lipinski definition) is 5. The van der Waals surface area contributed by atoms with Crippen molar-refractivity contribution in [2.45, 2.75) is 12.5 Å². The highest BCUT2D eigenvalue weighted by Gasteiger charge is 2.21. The zero-order valence-electron chi connectivity index (χ0n) is 12.3. The van der Waals surface area contributed by atoms with Crippen molar-refractivity contribution in [2.75, 3.05) is 44.7 Å². The molecule has 1 aromatic rings. The lowest BCUT2D eigenvalue weighted by Crippen LogP contribution is -2.48. The van der Waals surface area contributed by atoms with Crippen LogP contribution in [0.2, 0.25) is 0 Å². The van der Waals surface area contributed by atoms with Crippen LogP contribution >= 0.6 is 0 Å². The second-order valence-corrected chi connectivity index (χ2v) is 5.20. The number of nitrogens with two attached hydrogens (primary N) is 1. The molecule has 2 N–H and O–H groups in total. The van der Waals surface area contributed by atoms with E-state index in [9.17, 15) is 9.18 Å². The van der Waals surface area contributed by atoms with Crippen LogP contribution in [0.3, 0.4) is 0 Å². The average Bonchev–Trinajstić information content (AvgIpc) is 2.53. The van der Waals surface area contributed by atoms with Gasteiger partial charge in [-0.15, -0.1) is 0 Å². The fraction of sp³-hybridized carbons (Fsp3) is 0.533. The van der Waals surface area contributed by atoms with Gasteiger partial charge in [0, 0.05) is 32.7 Å². The largest absolute Gasteiger partial charge is 0.468 e. The third kappa shape index (κ3) is 4.15. The Kier molecular flexibility index (Phi) is 5.52. The molecule has 1 atom stereocenters. The lowest BCUT2D eigenvalue weighted by atomic mass is 10.2. The fourth-order valence-corrected chi connectivity index (χ4v) is 2.51. The molecular weight excluding hydrogens is 273 g/mol. The molecule has 0 bridgehead atoms. The van der Waals surface area contributed by atoms with Crippen molar-refractivity contribution in [3.8, 4) is 0 Å². The number of carbonyl (C=O) groups excluding carboxylic acids is 1. The van der Waals surface area contributed by atoms with Gasteiger partial charge in [0.15, 0.2) is 0 Å². The number of para-hydroxylation sites is 1. The number of hydrogen-bond donors (Lipinski definition) is 1. The van der Waals surface area contributed by atoms with Crippen molar-refractivity contribution in [1.82, 2.24) is 4.90 Å². The topological polar surface area (TPSA) is 58.8 Å². The molecule has 1 heterocycles. The van der Waals surface area contributed by atoms with Crippen molar-refractivity contribution in [3.63, 3.8) is 0 Å². The van der Waals surface area contributed by atoms with Crippen LogP contribution in [-0.2, 0) is 9.53 Å². The van der Waals surface area contributed by atoms with Gasteiger partial charge < -0.3 is 15.4 Å². The second-order valence-electron chi connectivity index (χ2n) is 5.20. The van der Waals surface area contributed by atoms with Crippen LogP contribution in [0.25, 0.3) is 0 Å². The molecule has 0 amide bonds. The van der Waals surface area contributed by atoms with Gasteiger partial charge in [-0.1, -0.05) is 12.1 Å². The summed E-state index contributed by atoms with van der Waals surface area (Å²) in [5, 5.41) is 0. The first-order valence-electron chi connectivity index (χ1n) is 7.17. The number of methoxy groups -OCH3 is 1. The van der Waals surface area contributed by atoms with E-state index in [2.05, 4.69) is 9.64 Å². The smallest absolute Gasteiger partial charge is 0.322 e. The molecule has 1 unspecified atom stereocenters. The zero-order chi connectivity index (χ0) is 15.2. The van der Waals surface area contributed by atoms with Crippen molar-refractivity contribution in [1.29, 1.82) is 0 Å². The minimum absolute atomic E-state index is 0.182. The zero-order valence-corrected chi connectivity index (χ0v) is 12.3. The summed E-state index contributed by atoms with van der Waals surface area (Å²) in [6.07, 6.45) is 0.576. The van der Waals surface area contributed by atoms with Crippen LogP contribution in [0.5, 0.6) is 0 Å². The number of piperazine rings is 1. The number of nitrogens with zero attached hydrogens (tertiary/aromatic N) is 2. The molecular formula is C15H22FN3O2. The summed E-state index contributed by atoms with van der Waals surface area (Å²) in [6.45, 7) is 3.97. The summed E-state index contributed by atoms with van der Waals surface area (Å²) in [5.41, 5.74) is 6.38. The summed E-state index contributed by atoms with van der Waals surface area (Å²) >= 11 is 0. The number of anilines is 1. The molecule has 0 saturated carbocycles. The van der Waals surface area contributed by atoms with E-state index in [0.29, 0.717) is 12.1 Å². The highest BCUT2D eigenvalue weighted by molar-refractivity contribution is 5.75. The van der Waals surface area contributed by atoms with Crippen LogP contribution in [0.4, 0.5) is 10.1 Å². The third-order valence-corrected chi connectivity index (χ3v) is 3.83. The quantitative estimate of drug-likeness (QED) is 0.816. The van der Waals surface area contributed by atoms with E-state index in [1.54, 1.807) is 12.1 Å². The molecule has 6 heteroatoms. The molecule has 1 saturated heterocycles. The van der Waals surface area contributed by atoms with Gasteiger partial charge in [-0.3, -0.25) is 9.69 Å². The van der Waals surface area contributed by atoms with Crippen molar-refractivity contribution < 1.29 is 13.9 Å². The van der Waals surface area contributed by atoms with Gasteiger partial charge in [-0.2, -0.15) is 0 Å². The van der Waals surface area contributed by atoms with Crippen molar-refractivity contribution >= 4 is 11.7 Å². The monoisotopic (exact) mass is 295 g/mol. The van der Waals surface area contributed by atoms with Gasteiger partial charge in [0.2, 0.25) is 0 Å². The maximum Gasteiger partial charge on any atom is 0.322 e. The van der Waals surface area contributed by atoms with Gasteiger partial charge in [-0.05, 0) is 18.6 Å². The highest BCUT2D eigenvalue weighted by atomic mass is 19.1. The van der Waals surface area contributed by atoms with Crippen molar-refractivity contribution in [3.05, 3.63) is 30.1 Å². The van der Waals surface area contributed by atoms with E-state index in [1.807, 2.05) is 11.0 Å². The van der Waals surface area contributed by atoms with E-state index in [-0.39, 0.29) is 11.8 Å². The van der Waals surface area contributed by atoms with Crippen LogP contribution in [-0.4, -0.2) is 56.7 Å². The number of esters is 1. The van der Waals surface area contributed by atoms with E-state index in [1.165, 1.54) is 13.2 Å². The van der Waals surface area contributed by atoms with Gasteiger partial charge in [-0.25, -0.2) is 4.39 Å². The molecule has 1 fully saturated rings. The highest BCUT2D eigenvalue weighted by Crippen LogP contribution is 2.20. The predicted molar refractivity (Wildman–Crippen MR) is 79.7 cm³/mol. The maximum atomic E-state index is 13.7. The number of ether oxygens (including phenoxy) is 1. The summed E-state index contributed by atoms with van der Waals surface area (Å²) in [5.74, 6) is -0.557.